The first-order valence-corrected chi connectivity index (χ1v) is 14.1. The Kier molecular flexibility index (Phi) is 9.55. The number of carbonyl (C=O) groups is 1. The number of hydrogen-bond donors (Lipinski definition) is 0. The third kappa shape index (κ3) is 5.84. The quantitative estimate of drug-likeness (QED) is 0.218. The topological polar surface area (TPSA) is 43.4 Å². The number of aryl methyl sites for hydroxylation is 1. The highest BCUT2D eigenvalue weighted by Gasteiger charge is 2.73. The first kappa shape index (κ1) is 32.2. The van der Waals surface area contributed by atoms with Gasteiger partial charge in [0.15, 0.2) is 9.64 Å². The molecule has 1 unspecified atom stereocenters. The zero-order chi connectivity index (χ0) is 30.1. The molecule has 0 spiro atoms. The van der Waals surface area contributed by atoms with Gasteiger partial charge in [-0.1, -0.05) is 57.0 Å². The summed E-state index contributed by atoms with van der Waals surface area (Å²) in [5, 5.41) is 0. The van der Waals surface area contributed by atoms with Gasteiger partial charge in [-0.15, -0.1) is 0 Å². The van der Waals surface area contributed by atoms with Gasteiger partial charge in [-0.25, -0.2) is 8.78 Å². The van der Waals surface area contributed by atoms with Crippen molar-refractivity contribution in [1.82, 2.24) is 4.90 Å². The second-order valence-electron chi connectivity index (χ2n) is 10.2. The second-order valence-corrected chi connectivity index (χ2v) is 12.0. The lowest BCUT2D eigenvalue weighted by molar-refractivity contribution is -0.348. The molecule has 1 aliphatic heterocycles. The summed E-state index contributed by atoms with van der Waals surface area (Å²) in [5.74, 6) is -1.14. The van der Waals surface area contributed by atoms with Gasteiger partial charge in [0, 0.05) is 36.1 Å². The van der Waals surface area contributed by atoms with Crippen LogP contribution in [0.25, 0.3) is 0 Å². The van der Waals surface area contributed by atoms with Gasteiger partial charge >= 0.3 is 18.0 Å². The van der Waals surface area contributed by atoms with Gasteiger partial charge in [0.25, 0.3) is 0 Å². The predicted molar refractivity (Wildman–Crippen MR) is 135 cm³/mol. The molecule has 0 aromatic heterocycles. The molecule has 2 aromatic carbocycles. The van der Waals surface area contributed by atoms with Crippen molar-refractivity contribution in [2.75, 3.05) is 13.1 Å². The van der Waals surface area contributed by atoms with Crippen LogP contribution in [0, 0.1) is 18.7 Å². The Hall–Kier alpha value is -2.34. The first-order valence-electron chi connectivity index (χ1n) is 12.9. The van der Waals surface area contributed by atoms with E-state index in [4.69, 9.17) is 0 Å². The number of rotatable bonds is 9. The van der Waals surface area contributed by atoms with Crippen LogP contribution in [0.5, 0.6) is 0 Å². The summed E-state index contributed by atoms with van der Waals surface area (Å²) in [4.78, 5) is 14.9. The van der Waals surface area contributed by atoms with Gasteiger partial charge in [-0.05, 0) is 42.6 Å². The predicted octanol–water partition coefficient (Wildman–Crippen LogP) is 7.88. The van der Waals surface area contributed by atoms with Crippen molar-refractivity contribution < 1.29 is 44.5 Å². The van der Waals surface area contributed by atoms with E-state index in [-0.39, 0.29) is 47.4 Å². The van der Waals surface area contributed by atoms with Gasteiger partial charge in [-0.3, -0.25) is 4.79 Å². The average Bonchev–Trinajstić information content (AvgIpc) is 3.34. The molecule has 0 radical (unpaired) electrons. The van der Waals surface area contributed by atoms with E-state index in [0.717, 1.165) is 31.0 Å². The molecule has 2 aromatic rings. The van der Waals surface area contributed by atoms with Gasteiger partial charge in [0.2, 0.25) is 5.91 Å². The lowest BCUT2D eigenvalue weighted by Crippen LogP contribution is -2.50. The van der Waals surface area contributed by atoms with Crippen molar-refractivity contribution >= 4 is 17.1 Å². The van der Waals surface area contributed by atoms with Gasteiger partial charge in [-0.2, -0.15) is 26.3 Å². The number of hydrogen-bond acceptors (Lipinski definition) is 2. The highest BCUT2D eigenvalue weighted by molar-refractivity contribution is 7.92. The summed E-state index contributed by atoms with van der Waals surface area (Å²) in [5.41, 5.74) is -6.95. The maximum absolute atomic E-state index is 14.6. The van der Waals surface area contributed by atoms with Crippen molar-refractivity contribution in [1.29, 1.82) is 0 Å². The Bertz CT molecular complexity index is 1160. The van der Waals surface area contributed by atoms with E-state index < -0.39 is 45.3 Å². The average molecular weight is 598 g/mol. The molecule has 222 valence electrons. The van der Waals surface area contributed by atoms with E-state index in [2.05, 4.69) is 0 Å². The van der Waals surface area contributed by atoms with Crippen LogP contribution >= 0.6 is 0 Å². The maximum Gasteiger partial charge on any atom is 0.435 e. The van der Waals surface area contributed by atoms with Crippen molar-refractivity contribution in [3.05, 3.63) is 65.0 Å². The van der Waals surface area contributed by atoms with Crippen molar-refractivity contribution in [3.63, 3.8) is 0 Å². The molecule has 3 nitrogen and oxygen atoms in total. The van der Waals surface area contributed by atoms with Gasteiger partial charge in [0.05, 0.1) is 6.54 Å². The molecule has 3 rings (SSSR count). The van der Waals surface area contributed by atoms with E-state index in [0.29, 0.717) is 25.0 Å². The molecule has 1 amide bonds. The van der Waals surface area contributed by atoms with Crippen LogP contribution in [-0.4, -0.2) is 40.8 Å². The fraction of sp³-hybridized carbons (Fsp3) is 0.536. The molecule has 1 heterocycles. The molecule has 2 atom stereocenters. The van der Waals surface area contributed by atoms with Gasteiger partial charge in [0.1, 0.15) is 5.82 Å². The fourth-order valence-corrected chi connectivity index (χ4v) is 6.97. The van der Waals surface area contributed by atoms with Crippen LogP contribution in [0.4, 0.5) is 35.1 Å². The highest BCUT2D eigenvalue weighted by atomic mass is 32.2. The zero-order valence-corrected chi connectivity index (χ0v) is 23.1. The molecular formula is C28H31F8NO2S. The number of benzene rings is 2. The first-order chi connectivity index (χ1) is 18.5. The van der Waals surface area contributed by atoms with Crippen molar-refractivity contribution in [2.24, 2.45) is 5.92 Å². The standard InChI is InChI=1S/C28H31F8NO2S/c1-4-6-19(7-5-2)24(38)37-15-14-25(17-37,40(39)22-13-8-18(3)23(29)16-22)20-9-11-21(12-10-20)26(30,27(31,32)33)28(34,35)36/h8-13,16,19H,4-7,14-15,17H2,1-3H3/t25-,40?/m0/s1. The Balaban J connectivity index is 2.10. The Morgan fingerprint density at radius 3 is 2.00 bits per heavy atom. The number of nitrogens with zero attached hydrogens (tertiary/aromatic N) is 1. The van der Waals surface area contributed by atoms with Crippen LogP contribution in [0.15, 0.2) is 47.4 Å². The number of amides is 1. The molecule has 1 saturated heterocycles. The smallest absolute Gasteiger partial charge is 0.435 e. The Morgan fingerprint density at radius 1 is 0.975 bits per heavy atom. The third-order valence-corrected chi connectivity index (χ3v) is 9.43. The zero-order valence-electron chi connectivity index (χ0n) is 22.3. The molecular weight excluding hydrogens is 566 g/mol. The van der Waals surface area contributed by atoms with Crippen molar-refractivity contribution in [3.8, 4) is 0 Å². The maximum atomic E-state index is 14.6. The highest BCUT2D eigenvalue weighted by Crippen LogP contribution is 2.54. The Morgan fingerprint density at radius 2 is 1.52 bits per heavy atom. The number of carbonyl (C=O) groups excluding carboxylic acids is 1. The molecule has 0 bridgehead atoms. The summed E-state index contributed by atoms with van der Waals surface area (Å²) < 4.78 is 121. The summed E-state index contributed by atoms with van der Waals surface area (Å²) in [6.07, 6.45) is -9.79. The molecule has 0 aliphatic carbocycles. The number of alkyl halides is 7. The second kappa shape index (κ2) is 11.9. The Labute approximate surface area is 231 Å². The largest absolute Gasteiger partial charge is 0.611 e. The van der Waals surface area contributed by atoms with Gasteiger partial charge < -0.3 is 9.45 Å². The monoisotopic (exact) mass is 597 g/mol. The molecule has 0 N–H and O–H groups in total. The van der Waals surface area contributed by atoms with Crippen LogP contribution in [0.1, 0.15) is 62.6 Å². The summed E-state index contributed by atoms with van der Waals surface area (Å²) in [7, 11) is 0. The fourth-order valence-electron chi connectivity index (χ4n) is 5.22. The number of likely N-dealkylation sites (tertiary alicyclic amines) is 1. The molecule has 40 heavy (non-hydrogen) atoms. The lowest BCUT2D eigenvalue weighted by atomic mass is 9.90. The molecule has 0 saturated carbocycles. The normalized spacial score (nSPS) is 19.4. The van der Waals surface area contributed by atoms with E-state index in [9.17, 15) is 44.5 Å². The van der Waals surface area contributed by atoms with E-state index in [1.54, 1.807) is 0 Å². The SMILES string of the molecule is CCCC(CCC)C(=O)N1CC[C@](c2ccc(C(F)(C(F)(F)F)C(F)(F)F)cc2)([S+]([O-])c2ccc(C)c(F)c2)C1. The molecule has 1 aliphatic rings. The third-order valence-electron chi connectivity index (χ3n) is 7.47. The lowest BCUT2D eigenvalue weighted by Gasteiger charge is -2.34. The summed E-state index contributed by atoms with van der Waals surface area (Å²) in [6.45, 7) is 5.33. The van der Waals surface area contributed by atoms with Crippen LogP contribution in [0.2, 0.25) is 0 Å². The van der Waals surface area contributed by atoms with E-state index in [1.807, 2.05) is 13.8 Å². The van der Waals surface area contributed by atoms with Crippen LogP contribution in [-0.2, 0) is 26.4 Å². The minimum absolute atomic E-state index is 0.0461. The van der Waals surface area contributed by atoms with Crippen LogP contribution < -0.4 is 0 Å². The summed E-state index contributed by atoms with van der Waals surface area (Å²) in [6, 6.07) is 6.41. The van der Waals surface area contributed by atoms with E-state index >= 15 is 0 Å². The minimum atomic E-state index is -6.28. The summed E-state index contributed by atoms with van der Waals surface area (Å²) >= 11 is -2.08. The van der Waals surface area contributed by atoms with Crippen LogP contribution in [0.3, 0.4) is 0 Å². The van der Waals surface area contributed by atoms with Crippen molar-refractivity contribution in [2.45, 2.75) is 80.5 Å². The molecule has 12 heteroatoms. The molecule has 1 fully saturated rings. The number of halogens is 8. The minimum Gasteiger partial charge on any atom is -0.611 e. The van der Waals surface area contributed by atoms with E-state index in [1.165, 1.54) is 24.0 Å².